The van der Waals surface area contributed by atoms with Crippen LogP contribution in [0.15, 0.2) is 60.0 Å². The number of anilines is 1. The largest absolute Gasteiger partial charge is 0.339 e. The molecule has 0 atom stereocenters. The number of nitrogens with zero attached hydrogens (tertiary/aromatic N) is 3. The molecule has 0 saturated carbocycles. The van der Waals surface area contributed by atoms with E-state index in [1.165, 1.54) is 0 Å². The lowest BCUT2D eigenvalue weighted by Gasteiger charge is -2.18. The zero-order valence-corrected chi connectivity index (χ0v) is 17.9. The molecule has 30 heavy (non-hydrogen) atoms. The highest BCUT2D eigenvalue weighted by atomic mass is 32.2. The van der Waals surface area contributed by atoms with Crippen LogP contribution in [0.1, 0.15) is 39.1 Å². The van der Waals surface area contributed by atoms with Crippen LogP contribution in [-0.2, 0) is 0 Å². The van der Waals surface area contributed by atoms with Crippen molar-refractivity contribution in [3.8, 4) is 5.69 Å². The van der Waals surface area contributed by atoms with E-state index in [9.17, 15) is 9.59 Å². The number of hydrogen-bond donors (Lipinski definition) is 1. The second-order valence-corrected chi connectivity index (χ2v) is 8.04. The Labute approximate surface area is 180 Å². The van der Waals surface area contributed by atoms with Gasteiger partial charge < -0.3 is 10.2 Å². The van der Waals surface area contributed by atoms with Crippen molar-refractivity contribution in [3.05, 3.63) is 71.5 Å². The van der Waals surface area contributed by atoms with E-state index in [4.69, 9.17) is 0 Å². The van der Waals surface area contributed by atoms with E-state index in [1.54, 1.807) is 30.1 Å². The minimum Gasteiger partial charge on any atom is -0.339 e. The molecule has 0 radical (unpaired) electrons. The summed E-state index contributed by atoms with van der Waals surface area (Å²) in [7, 11) is 0. The van der Waals surface area contributed by atoms with Crippen molar-refractivity contribution < 1.29 is 9.59 Å². The minimum atomic E-state index is -0.203. The number of likely N-dealkylation sites (tertiary alicyclic amines) is 1. The number of nitrogens with one attached hydrogen (secondary N) is 1. The van der Waals surface area contributed by atoms with Crippen LogP contribution in [0.4, 0.5) is 5.69 Å². The molecule has 1 fully saturated rings. The van der Waals surface area contributed by atoms with Crippen molar-refractivity contribution in [3.63, 3.8) is 0 Å². The number of rotatable bonds is 5. The smallest absolute Gasteiger partial charge is 0.255 e. The van der Waals surface area contributed by atoms with Gasteiger partial charge in [-0.3, -0.25) is 14.2 Å². The maximum absolute atomic E-state index is 12.8. The zero-order chi connectivity index (χ0) is 21.1. The minimum absolute atomic E-state index is 0.0374. The highest BCUT2D eigenvalue weighted by molar-refractivity contribution is 7.98. The first-order valence-electron chi connectivity index (χ1n) is 9.96. The Kier molecular flexibility index (Phi) is 5.90. The van der Waals surface area contributed by atoms with Crippen LogP contribution in [-0.4, -0.2) is 45.6 Å². The van der Waals surface area contributed by atoms with Crippen molar-refractivity contribution in [2.45, 2.75) is 24.9 Å². The normalized spacial score (nSPS) is 13.5. The molecule has 3 aromatic rings. The second kappa shape index (κ2) is 8.75. The maximum Gasteiger partial charge on any atom is 0.255 e. The molecule has 4 rings (SSSR count). The molecule has 2 aromatic carbocycles. The van der Waals surface area contributed by atoms with Gasteiger partial charge in [-0.1, -0.05) is 17.8 Å². The van der Waals surface area contributed by atoms with Crippen LogP contribution >= 0.6 is 11.8 Å². The molecule has 0 aliphatic carbocycles. The number of imidazole rings is 1. The third-order valence-electron chi connectivity index (χ3n) is 5.40. The summed E-state index contributed by atoms with van der Waals surface area (Å²) in [6, 6.07) is 12.9. The van der Waals surface area contributed by atoms with E-state index in [0.717, 1.165) is 42.3 Å². The molecule has 0 spiro atoms. The molecule has 1 aromatic heterocycles. The Morgan fingerprint density at radius 1 is 1.07 bits per heavy atom. The number of benzene rings is 2. The standard InChI is InChI=1S/C23H24N4O2S/c1-16-19(22(29)26-13-3-4-14-26)6-5-7-20(16)25-21(28)17-8-10-18(11-9-17)27-15-12-24-23(27)30-2/h5-12,15H,3-4,13-14H2,1-2H3,(H,25,28). The summed E-state index contributed by atoms with van der Waals surface area (Å²) in [4.78, 5) is 31.8. The van der Waals surface area contributed by atoms with Gasteiger partial charge >= 0.3 is 0 Å². The van der Waals surface area contributed by atoms with Gasteiger partial charge in [0.05, 0.1) is 0 Å². The van der Waals surface area contributed by atoms with Gasteiger partial charge in [-0.05, 0) is 68.0 Å². The summed E-state index contributed by atoms with van der Waals surface area (Å²) in [6.07, 6.45) is 7.73. The first-order chi connectivity index (χ1) is 14.6. The molecule has 0 bridgehead atoms. The Hall–Kier alpha value is -3.06. The molecule has 7 heteroatoms. The van der Waals surface area contributed by atoms with Crippen molar-refractivity contribution in [2.24, 2.45) is 0 Å². The number of thioether (sulfide) groups is 1. The van der Waals surface area contributed by atoms with Gasteiger partial charge in [-0.2, -0.15) is 0 Å². The predicted molar refractivity (Wildman–Crippen MR) is 120 cm³/mol. The SMILES string of the molecule is CSc1nccn1-c1ccc(C(=O)Nc2cccc(C(=O)N3CCCC3)c2C)cc1. The average Bonchev–Trinajstić information content (AvgIpc) is 3.47. The highest BCUT2D eigenvalue weighted by Gasteiger charge is 2.22. The third-order valence-corrected chi connectivity index (χ3v) is 6.07. The maximum atomic E-state index is 12.8. The topological polar surface area (TPSA) is 67.2 Å². The van der Waals surface area contributed by atoms with E-state index < -0.39 is 0 Å². The summed E-state index contributed by atoms with van der Waals surface area (Å²) in [5, 5.41) is 3.85. The van der Waals surface area contributed by atoms with Gasteiger partial charge in [0, 0.05) is 48.0 Å². The van der Waals surface area contributed by atoms with Crippen LogP contribution < -0.4 is 5.32 Å². The number of carbonyl (C=O) groups excluding carboxylic acids is 2. The fourth-order valence-corrected chi connectivity index (χ4v) is 4.23. The van der Waals surface area contributed by atoms with Gasteiger partial charge in [-0.25, -0.2) is 4.98 Å². The van der Waals surface area contributed by atoms with E-state index >= 15 is 0 Å². The van der Waals surface area contributed by atoms with Crippen LogP contribution in [0.3, 0.4) is 0 Å². The molecule has 1 aliphatic heterocycles. The predicted octanol–water partition coefficient (Wildman–Crippen LogP) is 4.39. The highest BCUT2D eigenvalue weighted by Crippen LogP contribution is 2.23. The van der Waals surface area contributed by atoms with Gasteiger partial charge in [0.2, 0.25) is 0 Å². The number of carbonyl (C=O) groups is 2. The van der Waals surface area contributed by atoms with Gasteiger partial charge in [0.15, 0.2) is 5.16 Å². The molecule has 1 aliphatic rings. The summed E-state index contributed by atoms with van der Waals surface area (Å²) in [5.74, 6) is -0.165. The second-order valence-electron chi connectivity index (χ2n) is 7.26. The first kappa shape index (κ1) is 20.2. The van der Waals surface area contributed by atoms with Crippen molar-refractivity contribution in [1.29, 1.82) is 0 Å². The van der Waals surface area contributed by atoms with Crippen molar-refractivity contribution >= 4 is 29.3 Å². The summed E-state index contributed by atoms with van der Waals surface area (Å²) in [5.41, 5.74) is 3.61. The molecular formula is C23H24N4O2S. The molecule has 2 amide bonds. The van der Waals surface area contributed by atoms with Crippen LogP contribution in [0.5, 0.6) is 0 Å². The zero-order valence-electron chi connectivity index (χ0n) is 17.1. The van der Waals surface area contributed by atoms with Crippen molar-refractivity contribution in [2.75, 3.05) is 24.7 Å². The molecule has 1 N–H and O–H groups in total. The number of aromatic nitrogens is 2. The lowest BCUT2D eigenvalue weighted by atomic mass is 10.0. The quantitative estimate of drug-likeness (QED) is 0.622. The molecule has 0 unspecified atom stereocenters. The van der Waals surface area contributed by atoms with E-state index in [2.05, 4.69) is 10.3 Å². The fourth-order valence-electron chi connectivity index (χ4n) is 3.70. The van der Waals surface area contributed by atoms with Gasteiger partial charge in [0.1, 0.15) is 0 Å². The van der Waals surface area contributed by atoms with Crippen LogP contribution in [0.2, 0.25) is 0 Å². The molecule has 2 heterocycles. The summed E-state index contributed by atoms with van der Waals surface area (Å²) >= 11 is 1.57. The average molecular weight is 421 g/mol. The van der Waals surface area contributed by atoms with E-state index in [0.29, 0.717) is 16.8 Å². The lowest BCUT2D eigenvalue weighted by molar-refractivity contribution is 0.0791. The molecule has 1 saturated heterocycles. The van der Waals surface area contributed by atoms with E-state index in [1.807, 2.05) is 59.2 Å². The van der Waals surface area contributed by atoms with Crippen molar-refractivity contribution in [1.82, 2.24) is 14.5 Å². The monoisotopic (exact) mass is 420 g/mol. The molecule has 154 valence electrons. The first-order valence-corrected chi connectivity index (χ1v) is 11.2. The molecular weight excluding hydrogens is 396 g/mol. The summed E-state index contributed by atoms with van der Waals surface area (Å²) < 4.78 is 1.98. The third kappa shape index (κ3) is 3.98. The van der Waals surface area contributed by atoms with Crippen LogP contribution in [0, 0.1) is 6.92 Å². The van der Waals surface area contributed by atoms with Crippen LogP contribution in [0.25, 0.3) is 5.69 Å². The van der Waals surface area contributed by atoms with E-state index in [-0.39, 0.29) is 11.8 Å². The van der Waals surface area contributed by atoms with Gasteiger partial charge in [0.25, 0.3) is 11.8 Å². The summed E-state index contributed by atoms with van der Waals surface area (Å²) in [6.45, 7) is 3.48. The number of amides is 2. The fraction of sp³-hybridized carbons (Fsp3) is 0.261. The number of hydrogen-bond acceptors (Lipinski definition) is 4. The van der Waals surface area contributed by atoms with Gasteiger partial charge in [-0.15, -0.1) is 0 Å². The Morgan fingerprint density at radius 3 is 2.50 bits per heavy atom. The Bertz CT molecular complexity index is 1070. The Morgan fingerprint density at radius 2 is 1.80 bits per heavy atom. The molecule has 6 nitrogen and oxygen atoms in total. The Balaban J connectivity index is 1.51. The lowest BCUT2D eigenvalue weighted by Crippen LogP contribution is -2.28.